The van der Waals surface area contributed by atoms with E-state index in [1.165, 1.54) is 12.1 Å². The maximum Gasteiger partial charge on any atom is 0.172 e. The van der Waals surface area contributed by atoms with Crippen LogP contribution in [0.5, 0.6) is 0 Å². The molecule has 0 radical (unpaired) electrons. The average molecular weight is 202 g/mol. The van der Waals surface area contributed by atoms with Crippen LogP contribution in [-0.2, 0) is 4.79 Å². The molecule has 0 atom stereocenters. The molecule has 0 fully saturated rings. The van der Waals surface area contributed by atoms with Crippen molar-refractivity contribution in [2.24, 2.45) is 5.16 Å². The lowest BCUT2D eigenvalue weighted by Gasteiger charge is -1.98. The molecule has 0 spiro atoms. The molecule has 0 bridgehead atoms. The number of hydrogen-bond donors (Lipinski definition) is 1. The molecule has 1 N–H and O–H groups in total. The Morgan fingerprint density at radius 2 is 2.31 bits per heavy atom. The van der Waals surface area contributed by atoms with Crippen LogP contribution in [0, 0.1) is 5.82 Å². The van der Waals surface area contributed by atoms with Crippen molar-refractivity contribution in [2.45, 2.75) is 0 Å². The van der Waals surface area contributed by atoms with Gasteiger partial charge in [0.2, 0.25) is 0 Å². The fourth-order valence-electron chi connectivity index (χ4n) is 0.805. The maximum atomic E-state index is 12.6. The number of nitrogens with zero attached hydrogens (tertiary/aromatic N) is 1. The molecule has 0 aliphatic heterocycles. The minimum atomic E-state index is -0.589. The molecule has 5 heteroatoms. The van der Waals surface area contributed by atoms with E-state index in [9.17, 15) is 9.18 Å². The van der Waals surface area contributed by atoms with Crippen LogP contribution in [0.2, 0.25) is 5.02 Å². The Morgan fingerprint density at radius 3 is 2.77 bits per heavy atom. The second-order valence-corrected chi connectivity index (χ2v) is 2.64. The third-order valence-corrected chi connectivity index (χ3v) is 1.72. The molecule has 0 aromatic heterocycles. The first-order chi connectivity index (χ1) is 6.19. The molecule has 0 amide bonds. The van der Waals surface area contributed by atoms with Gasteiger partial charge in [-0.15, -0.1) is 0 Å². The van der Waals surface area contributed by atoms with Crippen molar-refractivity contribution in [1.82, 2.24) is 0 Å². The minimum absolute atomic E-state index is 0.125. The number of carbonyl (C=O) groups is 1. The molecule has 13 heavy (non-hydrogen) atoms. The Balaban J connectivity index is 3.17. The Kier molecular flexibility index (Phi) is 2.97. The van der Waals surface area contributed by atoms with Crippen molar-refractivity contribution in [1.29, 1.82) is 0 Å². The van der Waals surface area contributed by atoms with Crippen LogP contribution in [0.25, 0.3) is 0 Å². The third-order valence-electron chi connectivity index (χ3n) is 1.43. The Bertz CT molecular complexity index is 365. The molecule has 0 saturated heterocycles. The van der Waals surface area contributed by atoms with Gasteiger partial charge >= 0.3 is 0 Å². The molecule has 3 nitrogen and oxygen atoms in total. The summed E-state index contributed by atoms with van der Waals surface area (Å²) in [5.74, 6) is -0.589. The zero-order valence-corrected chi connectivity index (χ0v) is 7.12. The number of halogens is 2. The normalized spacial score (nSPS) is 11.4. The number of aldehydes is 1. The van der Waals surface area contributed by atoms with Crippen LogP contribution in [0.1, 0.15) is 5.56 Å². The van der Waals surface area contributed by atoms with Crippen LogP contribution < -0.4 is 0 Å². The molecular formula is C8H5ClFNO2. The Morgan fingerprint density at radius 1 is 1.62 bits per heavy atom. The predicted octanol–water partition coefficient (Wildman–Crippen LogP) is 1.86. The molecule has 0 aliphatic carbocycles. The van der Waals surface area contributed by atoms with Crippen molar-refractivity contribution in [3.63, 3.8) is 0 Å². The van der Waals surface area contributed by atoms with Crippen LogP contribution in [-0.4, -0.2) is 17.2 Å². The highest BCUT2D eigenvalue weighted by molar-refractivity contribution is 6.37. The smallest absolute Gasteiger partial charge is 0.172 e. The lowest BCUT2D eigenvalue weighted by Crippen LogP contribution is -2.02. The van der Waals surface area contributed by atoms with E-state index in [2.05, 4.69) is 5.16 Å². The van der Waals surface area contributed by atoms with Crippen molar-refractivity contribution < 1.29 is 14.4 Å². The van der Waals surface area contributed by atoms with E-state index in [4.69, 9.17) is 16.8 Å². The monoisotopic (exact) mass is 201 g/mol. The highest BCUT2D eigenvalue weighted by atomic mass is 35.5. The molecule has 0 unspecified atom stereocenters. The lowest BCUT2D eigenvalue weighted by atomic mass is 10.1. The molecule has 0 saturated carbocycles. The minimum Gasteiger partial charge on any atom is -0.410 e. The number of rotatable bonds is 2. The fourth-order valence-corrected chi connectivity index (χ4v) is 0.985. The summed E-state index contributed by atoms with van der Waals surface area (Å²) >= 11 is 5.44. The van der Waals surface area contributed by atoms with Gasteiger partial charge in [0.1, 0.15) is 11.5 Å². The van der Waals surface area contributed by atoms with Crippen molar-refractivity contribution in [3.05, 3.63) is 34.6 Å². The van der Waals surface area contributed by atoms with Crippen molar-refractivity contribution in [2.75, 3.05) is 0 Å². The summed E-state index contributed by atoms with van der Waals surface area (Å²) in [6, 6.07) is 3.59. The topological polar surface area (TPSA) is 49.7 Å². The molecule has 0 heterocycles. The van der Waals surface area contributed by atoms with Gasteiger partial charge in [0, 0.05) is 5.56 Å². The van der Waals surface area contributed by atoms with E-state index < -0.39 is 5.82 Å². The highest BCUT2D eigenvalue weighted by Gasteiger charge is 2.06. The summed E-state index contributed by atoms with van der Waals surface area (Å²) in [6.07, 6.45) is 0.351. The first kappa shape index (κ1) is 9.67. The average Bonchev–Trinajstić information content (AvgIpc) is 2.13. The highest BCUT2D eigenvalue weighted by Crippen LogP contribution is 2.16. The van der Waals surface area contributed by atoms with Crippen LogP contribution in [0.3, 0.4) is 0 Å². The molecule has 1 aromatic carbocycles. The number of hydrogen-bond acceptors (Lipinski definition) is 3. The van der Waals surface area contributed by atoms with E-state index >= 15 is 0 Å². The van der Waals surface area contributed by atoms with Crippen LogP contribution in [0.15, 0.2) is 23.4 Å². The van der Waals surface area contributed by atoms with E-state index in [0.29, 0.717) is 6.29 Å². The second-order valence-electron chi connectivity index (χ2n) is 2.23. The zero-order chi connectivity index (χ0) is 9.84. The predicted molar refractivity (Wildman–Crippen MR) is 45.8 cm³/mol. The molecular weight excluding hydrogens is 197 g/mol. The van der Waals surface area contributed by atoms with Gasteiger partial charge in [-0.05, 0) is 18.2 Å². The van der Waals surface area contributed by atoms with Gasteiger partial charge in [-0.1, -0.05) is 16.8 Å². The largest absolute Gasteiger partial charge is 0.410 e. The summed E-state index contributed by atoms with van der Waals surface area (Å²) in [4.78, 5) is 10.3. The quantitative estimate of drug-likeness (QED) is 0.344. The van der Waals surface area contributed by atoms with Gasteiger partial charge < -0.3 is 5.21 Å². The van der Waals surface area contributed by atoms with Gasteiger partial charge in [0.25, 0.3) is 0 Å². The third kappa shape index (κ3) is 2.03. The van der Waals surface area contributed by atoms with E-state index in [1.807, 2.05) is 0 Å². The fraction of sp³-hybridized carbons (Fsp3) is 0. The van der Waals surface area contributed by atoms with Crippen LogP contribution >= 0.6 is 11.6 Å². The summed E-state index contributed by atoms with van der Waals surface area (Å²) in [7, 11) is 0. The number of oxime groups is 1. The molecule has 68 valence electrons. The van der Waals surface area contributed by atoms with E-state index in [0.717, 1.165) is 6.07 Å². The molecule has 1 rings (SSSR count). The van der Waals surface area contributed by atoms with Crippen molar-refractivity contribution >= 4 is 23.6 Å². The van der Waals surface area contributed by atoms with E-state index in [1.54, 1.807) is 0 Å². The summed E-state index contributed by atoms with van der Waals surface area (Å²) < 4.78 is 12.6. The van der Waals surface area contributed by atoms with Crippen molar-refractivity contribution in [3.8, 4) is 0 Å². The maximum absolute atomic E-state index is 12.6. The lowest BCUT2D eigenvalue weighted by molar-refractivity contribution is -0.102. The first-order valence-electron chi connectivity index (χ1n) is 3.31. The van der Waals surface area contributed by atoms with Crippen LogP contribution in [0.4, 0.5) is 4.39 Å². The number of benzene rings is 1. The second kappa shape index (κ2) is 4.00. The SMILES string of the molecule is O=CC(=NO)c1ccc(F)c(Cl)c1. The Labute approximate surface area is 78.4 Å². The Hall–Kier alpha value is -1.42. The van der Waals surface area contributed by atoms with Gasteiger partial charge in [-0.25, -0.2) is 4.39 Å². The molecule has 0 aliphatic rings. The van der Waals surface area contributed by atoms with Gasteiger partial charge in [-0.3, -0.25) is 4.79 Å². The first-order valence-corrected chi connectivity index (χ1v) is 3.69. The summed E-state index contributed by atoms with van der Waals surface area (Å²) in [5.41, 5.74) is 0.0748. The zero-order valence-electron chi connectivity index (χ0n) is 6.37. The van der Waals surface area contributed by atoms with E-state index in [-0.39, 0.29) is 16.3 Å². The summed E-state index contributed by atoms with van der Waals surface area (Å²) in [6.45, 7) is 0. The molecule has 1 aromatic rings. The van der Waals surface area contributed by atoms with Gasteiger partial charge in [0.15, 0.2) is 6.29 Å². The number of carbonyl (C=O) groups excluding carboxylic acids is 1. The summed E-state index contributed by atoms with van der Waals surface area (Å²) in [5, 5.41) is 11.0. The standard InChI is InChI=1S/C8H5ClFNO2/c9-6-3-5(1-2-7(6)10)8(4-12)11-13/h1-4,13H. The van der Waals surface area contributed by atoms with Gasteiger partial charge in [-0.2, -0.15) is 0 Å². The van der Waals surface area contributed by atoms with Gasteiger partial charge in [0.05, 0.1) is 5.02 Å².